The lowest BCUT2D eigenvalue weighted by Crippen LogP contribution is -2.33. The van der Waals surface area contributed by atoms with Gasteiger partial charge in [-0.2, -0.15) is 0 Å². The number of carbonyl (C=O) groups excluding carboxylic acids is 2. The first kappa shape index (κ1) is 16.1. The van der Waals surface area contributed by atoms with E-state index in [0.29, 0.717) is 30.9 Å². The largest absolute Gasteiger partial charge is 0.383 e. The van der Waals surface area contributed by atoms with Crippen molar-refractivity contribution in [1.29, 1.82) is 0 Å². The van der Waals surface area contributed by atoms with Crippen LogP contribution < -0.4 is 16.0 Å². The molecule has 0 heterocycles. The predicted octanol–water partition coefficient (Wildman–Crippen LogP) is 0.611. The van der Waals surface area contributed by atoms with Gasteiger partial charge in [0.05, 0.1) is 6.61 Å². The molecule has 0 spiro atoms. The summed E-state index contributed by atoms with van der Waals surface area (Å²) >= 11 is 0. The smallest absolute Gasteiger partial charge is 0.251 e. The number of nitrogens with one attached hydrogen (secondary N) is 3. The average molecular weight is 279 g/mol. The third kappa shape index (κ3) is 6.31. The lowest BCUT2D eigenvalue weighted by Gasteiger charge is -2.07. The normalized spacial score (nSPS) is 10.1. The molecule has 110 valence electrons. The molecule has 1 rings (SSSR count). The van der Waals surface area contributed by atoms with Crippen molar-refractivity contribution in [1.82, 2.24) is 10.6 Å². The second kappa shape index (κ2) is 9.06. The average Bonchev–Trinajstić information content (AvgIpc) is 2.42. The molecular weight excluding hydrogens is 258 g/mol. The Labute approximate surface area is 118 Å². The molecule has 6 nitrogen and oxygen atoms in total. The number of rotatable bonds is 8. The Kier molecular flexibility index (Phi) is 7.31. The number of methoxy groups -OCH3 is 1. The van der Waals surface area contributed by atoms with E-state index in [4.69, 9.17) is 4.74 Å². The molecule has 0 aromatic heterocycles. The summed E-state index contributed by atoms with van der Waals surface area (Å²) in [5.74, 6) is -0.266. The molecule has 0 saturated heterocycles. The van der Waals surface area contributed by atoms with Crippen LogP contribution in [0.3, 0.4) is 0 Å². The van der Waals surface area contributed by atoms with Gasteiger partial charge in [-0.1, -0.05) is 0 Å². The van der Waals surface area contributed by atoms with Gasteiger partial charge in [-0.3, -0.25) is 9.59 Å². The quantitative estimate of drug-likeness (QED) is 0.609. The number of benzene rings is 1. The van der Waals surface area contributed by atoms with Gasteiger partial charge in [0.15, 0.2) is 0 Å². The minimum absolute atomic E-state index is 0.132. The molecule has 6 heteroatoms. The third-order valence-corrected chi connectivity index (χ3v) is 2.54. The van der Waals surface area contributed by atoms with E-state index in [1.807, 2.05) is 0 Å². The minimum Gasteiger partial charge on any atom is -0.383 e. The first-order valence-electron chi connectivity index (χ1n) is 6.49. The van der Waals surface area contributed by atoms with E-state index in [0.717, 1.165) is 6.54 Å². The summed E-state index contributed by atoms with van der Waals surface area (Å²) in [6, 6.07) is 6.76. The monoisotopic (exact) mass is 279 g/mol. The molecule has 0 fully saturated rings. The zero-order valence-electron chi connectivity index (χ0n) is 11.9. The first-order valence-corrected chi connectivity index (χ1v) is 6.49. The molecule has 20 heavy (non-hydrogen) atoms. The minimum atomic E-state index is -0.135. The van der Waals surface area contributed by atoms with E-state index in [-0.39, 0.29) is 11.8 Å². The molecule has 0 aliphatic rings. The molecule has 0 radical (unpaired) electrons. The van der Waals surface area contributed by atoms with E-state index in [1.54, 1.807) is 31.4 Å². The van der Waals surface area contributed by atoms with Crippen LogP contribution in [0.1, 0.15) is 17.3 Å². The van der Waals surface area contributed by atoms with Gasteiger partial charge in [0.2, 0.25) is 5.91 Å². The number of amides is 2. The molecule has 0 aliphatic carbocycles. The van der Waals surface area contributed by atoms with E-state index in [1.165, 1.54) is 6.92 Å². The molecule has 0 aliphatic heterocycles. The highest BCUT2D eigenvalue weighted by Crippen LogP contribution is 2.09. The highest BCUT2D eigenvalue weighted by Gasteiger charge is 2.04. The van der Waals surface area contributed by atoms with Crippen LogP contribution in [0.4, 0.5) is 5.69 Å². The maximum Gasteiger partial charge on any atom is 0.251 e. The van der Waals surface area contributed by atoms with Crippen LogP contribution in [0.15, 0.2) is 24.3 Å². The van der Waals surface area contributed by atoms with Crippen molar-refractivity contribution in [3.8, 4) is 0 Å². The molecule has 2 amide bonds. The Bertz CT molecular complexity index is 432. The summed E-state index contributed by atoms with van der Waals surface area (Å²) < 4.78 is 4.90. The molecule has 1 aromatic rings. The fraction of sp³-hybridized carbons (Fsp3) is 0.429. The molecular formula is C14H21N3O3. The van der Waals surface area contributed by atoms with Gasteiger partial charge in [-0.05, 0) is 24.3 Å². The lowest BCUT2D eigenvalue weighted by molar-refractivity contribution is -0.114. The molecule has 0 unspecified atom stereocenters. The summed E-state index contributed by atoms with van der Waals surface area (Å²) in [6.07, 6.45) is 0. The van der Waals surface area contributed by atoms with Crippen LogP contribution in [0.2, 0.25) is 0 Å². The van der Waals surface area contributed by atoms with Crippen molar-refractivity contribution < 1.29 is 14.3 Å². The summed E-state index contributed by atoms with van der Waals surface area (Å²) in [6.45, 7) is 4.10. The fourth-order valence-electron chi connectivity index (χ4n) is 1.57. The van der Waals surface area contributed by atoms with Gasteiger partial charge in [0, 0.05) is 44.9 Å². The molecule has 0 bridgehead atoms. The van der Waals surface area contributed by atoms with Crippen molar-refractivity contribution in [2.45, 2.75) is 6.92 Å². The second-order valence-electron chi connectivity index (χ2n) is 4.26. The van der Waals surface area contributed by atoms with Gasteiger partial charge >= 0.3 is 0 Å². The van der Waals surface area contributed by atoms with Crippen LogP contribution in [0.5, 0.6) is 0 Å². The Morgan fingerprint density at radius 3 is 2.40 bits per heavy atom. The topological polar surface area (TPSA) is 79.5 Å². The van der Waals surface area contributed by atoms with Crippen molar-refractivity contribution in [3.05, 3.63) is 29.8 Å². The number of hydrogen-bond acceptors (Lipinski definition) is 4. The summed E-state index contributed by atoms with van der Waals surface area (Å²) in [7, 11) is 1.65. The maximum atomic E-state index is 11.8. The Hall–Kier alpha value is -1.92. The highest BCUT2D eigenvalue weighted by atomic mass is 16.5. The zero-order chi connectivity index (χ0) is 14.8. The van der Waals surface area contributed by atoms with Gasteiger partial charge in [0.25, 0.3) is 5.91 Å². The van der Waals surface area contributed by atoms with Crippen LogP contribution in [-0.2, 0) is 9.53 Å². The van der Waals surface area contributed by atoms with Crippen LogP contribution in [0, 0.1) is 0 Å². The van der Waals surface area contributed by atoms with E-state index in [2.05, 4.69) is 16.0 Å². The molecule has 1 aromatic carbocycles. The number of ether oxygens (including phenoxy) is 1. The molecule has 3 N–H and O–H groups in total. The lowest BCUT2D eigenvalue weighted by atomic mass is 10.2. The predicted molar refractivity (Wildman–Crippen MR) is 77.8 cm³/mol. The Morgan fingerprint density at radius 2 is 1.80 bits per heavy atom. The van der Waals surface area contributed by atoms with Gasteiger partial charge < -0.3 is 20.7 Å². The van der Waals surface area contributed by atoms with Crippen molar-refractivity contribution in [2.75, 3.05) is 38.7 Å². The van der Waals surface area contributed by atoms with E-state index in [9.17, 15) is 9.59 Å². The number of anilines is 1. The summed E-state index contributed by atoms with van der Waals surface area (Å²) in [5.41, 5.74) is 1.24. The number of hydrogen-bond donors (Lipinski definition) is 3. The van der Waals surface area contributed by atoms with Crippen molar-refractivity contribution >= 4 is 17.5 Å². The first-order chi connectivity index (χ1) is 9.63. The Morgan fingerprint density at radius 1 is 1.10 bits per heavy atom. The van der Waals surface area contributed by atoms with E-state index >= 15 is 0 Å². The molecule has 0 atom stereocenters. The van der Waals surface area contributed by atoms with Gasteiger partial charge in [-0.25, -0.2) is 0 Å². The van der Waals surface area contributed by atoms with Crippen LogP contribution >= 0.6 is 0 Å². The van der Waals surface area contributed by atoms with E-state index < -0.39 is 0 Å². The summed E-state index contributed by atoms with van der Waals surface area (Å²) in [5, 5.41) is 8.59. The standard InChI is InChI=1S/C14H21N3O3/c1-11(18)17-13-5-3-12(4-6-13)14(19)16-8-7-15-9-10-20-2/h3-6,15H,7-10H2,1-2H3,(H,16,19)(H,17,18). The number of carbonyl (C=O) groups is 2. The van der Waals surface area contributed by atoms with Gasteiger partial charge in [-0.15, -0.1) is 0 Å². The zero-order valence-corrected chi connectivity index (χ0v) is 11.9. The Balaban J connectivity index is 2.30. The third-order valence-electron chi connectivity index (χ3n) is 2.54. The second-order valence-corrected chi connectivity index (χ2v) is 4.26. The maximum absolute atomic E-state index is 11.8. The summed E-state index contributed by atoms with van der Waals surface area (Å²) in [4.78, 5) is 22.7. The van der Waals surface area contributed by atoms with Crippen LogP contribution in [-0.4, -0.2) is 45.2 Å². The molecule has 0 saturated carbocycles. The highest BCUT2D eigenvalue weighted by molar-refractivity contribution is 5.95. The van der Waals surface area contributed by atoms with Crippen LogP contribution in [0.25, 0.3) is 0 Å². The van der Waals surface area contributed by atoms with Crippen molar-refractivity contribution in [3.63, 3.8) is 0 Å². The van der Waals surface area contributed by atoms with Crippen molar-refractivity contribution in [2.24, 2.45) is 0 Å². The van der Waals surface area contributed by atoms with Gasteiger partial charge in [0.1, 0.15) is 0 Å². The SMILES string of the molecule is COCCNCCNC(=O)c1ccc(NC(C)=O)cc1. The fourth-order valence-corrected chi connectivity index (χ4v) is 1.57.